The highest BCUT2D eigenvalue weighted by Gasteiger charge is 2.26. The van der Waals surface area contributed by atoms with E-state index in [1.54, 1.807) is 4.90 Å². The van der Waals surface area contributed by atoms with Crippen LogP contribution >= 0.6 is 0 Å². The maximum absolute atomic E-state index is 12.4. The summed E-state index contributed by atoms with van der Waals surface area (Å²) in [5, 5.41) is 12.1. The number of hydrogen-bond acceptors (Lipinski definition) is 3. The molecule has 0 aromatic heterocycles. The average molecular weight is 306 g/mol. The number of benzene rings is 1. The van der Waals surface area contributed by atoms with Gasteiger partial charge in [0.25, 0.3) is 0 Å². The molecular formula is C17H26N2O3. The first-order chi connectivity index (χ1) is 10.7. The molecule has 1 aromatic carbocycles. The summed E-state index contributed by atoms with van der Waals surface area (Å²) < 4.78 is 5.53. The average Bonchev–Trinajstić information content (AvgIpc) is 2.56. The number of urea groups is 1. The summed E-state index contributed by atoms with van der Waals surface area (Å²) in [6.07, 6.45) is 3.85. The van der Waals surface area contributed by atoms with E-state index in [1.807, 2.05) is 38.2 Å². The molecule has 1 aliphatic carbocycles. The molecule has 1 fully saturated rings. The van der Waals surface area contributed by atoms with Gasteiger partial charge in [-0.25, -0.2) is 4.79 Å². The van der Waals surface area contributed by atoms with Crippen molar-refractivity contribution in [1.82, 2.24) is 4.90 Å². The Bertz CT molecular complexity index is 485. The van der Waals surface area contributed by atoms with Crippen LogP contribution in [0.25, 0.3) is 0 Å². The Morgan fingerprint density at radius 3 is 2.64 bits per heavy atom. The van der Waals surface area contributed by atoms with Crippen molar-refractivity contribution in [1.29, 1.82) is 0 Å². The molecule has 0 saturated heterocycles. The number of aliphatic hydroxyl groups excluding tert-OH is 1. The van der Waals surface area contributed by atoms with Crippen LogP contribution in [-0.4, -0.2) is 42.3 Å². The molecule has 2 N–H and O–H groups in total. The van der Waals surface area contributed by atoms with E-state index in [1.165, 1.54) is 0 Å². The molecule has 5 nitrogen and oxygen atoms in total. The van der Waals surface area contributed by atoms with E-state index in [0.717, 1.165) is 25.7 Å². The van der Waals surface area contributed by atoms with Gasteiger partial charge in [0.2, 0.25) is 0 Å². The van der Waals surface area contributed by atoms with E-state index in [9.17, 15) is 9.90 Å². The van der Waals surface area contributed by atoms with Gasteiger partial charge in [-0.15, -0.1) is 0 Å². The fourth-order valence-electron chi connectivity index (χ4n) is 2.94. The lowest BCUT2D eigenvalue weighted by Gasteiger charge is -2.34. The number of rotatable bonds is 5. The van der Waals surface area contributed by atoms with Crippen molar-refractivity contribution < 1.29 is 14.6 Å². The Morgan fingerprint density at radius 1 is 1.32 bits per heavy atom. The zero-order chi connectivity index (χ0) is 15.9. The second-order valence-electron chi connectivity index (χ2n) is 5.83. The van der Waals surface area contributed by atoms with Crippen LogP contribution in [0.2, 0.25) is 0 Å². The first-order valence-corrected chi connectivity index (χ1v) is 8.02. The number of nitrogens with one attached hydrogen (secondary N) is 1. The minimum absolute atomic E-state index is 0.111. The van der Waals surface area contributed by atoms with Crippen molar-refractivity contribution in [2.75, 3.05) is 25.6 Å². The van der Waals surface area contributed by atoms with Crippen LogP contribution in [0.4, 0.5) is 10.5 Å². The highest BCUT2D eigenvalue weighted by atomic mass is 16.5. The molecule has 5 heteroatoms. The maximum atomic E-state index is 12.4. The maximum Gasteiger partial charge on any atom is 0.321 e. The number of ether oxygens (including phenoxy) is 1. The molecule has 0 bridgehead atoms. The van der Waals surface area contributed by atoms with Crippen molar-refractivity contribution in [2.45, 2.75) is 38.6 Å². The number of para-hydroxylation sites is 2. The molecule has 1 aromatic rings. The van der Waals surface area contributed by atoms with Crippen LogP contribution in [0.15, 0.2) is 24.3 Å². The summed E-state index contributed by atoms with van der Waals surface area (Å²) in [6.45, 7) is 2.74. The molecule has 122 valence electrons. The van der Waals surface area contributed by atoms with Gasteiger partial charge in [0, 0.05) is 19.7 Å². The van der Waals surface area contributed by atoms with E-state index in [4.69, 9.17) is 4.74 Å². The van der Waals surface area contributed by atoms with Crippen molar-refractivity contribution in [3.8, 4) is 5.75 Å². The number of carbonyl (C=O) groups is 1. The topological polar surface area (TPSA) is 61.8 Å². The summed E-state index contributed by atoms with van der Waals surface area (Å²) in [5.41, 5.74) is 0.699. The smallest absolute Gasteiger partial charge is 0.321 e. The standard InChI is InChI=1S/C17H26N2O3/c1-3-22-16-7-5-4-6-15(16)18-17(21)19(2)14-10-8-13(12-20)9-11-14/h4-7,13-14,20H,3,8-12H2,1-2H3,(H,18,21). The normalized spacial score (nSPS) is 21.2. The van der Waals surface area contributed by atoms with E-state index in [0.29, 0.717) is 24.0 Å². The third kappa shape index (κ3) is 4.13. The SMILES string of the molecule is CCOc1ccccc1NC(=O)N(C)C1CCC(CO)CC1. The van der Waals surface area contributed by atoms with Gasteiger partial charge in [0.05, 0.1) is 12.3 Å². The zero-order valence-corrected chi connectivity index (χ0v) is 13.4. The Hall–Kier alpha value is -1.75. The Labute approximate surface area is 132 Å². The van der Waals surface area contributed by atoms with Crippen LogP contribution < -0.4 is 10.1 Å². The highest BCUT2D eigenvalue weighted by molar-refractivity contribution is 5.91. The second-order valence-corrected chi connectivity index (χ2v) is 5.83. The number of aliphatic hydroxyl groups is 1. The van der Waals surface area contributed by atoms with Gasteiger partial charge in [-0.1, -0.05) is 12.1 Å². The predicted molar refractivity (Wildman–Crippen MR) is 87.2 cm³/mol. The number of nitrogens with zero attached hydrogens (tertiary/aromatic N) is 1. The van der Waals surface area contributed by atoms with E-state index in [2.05, 4.69) is 5.32 Å². The summed E-state index contributed by atoms with van der Waals surface area (Å²) in [7, 11) is 1.84. The van der Waals surface area contributed by atoms with Gasteiger partial charge in [0.1, 0.15) is 5.75 Å². The van der Waals surface area contributed by atoms with Crippen molar-refractivity contribution in [3.05, 3.63) is 24.3 Å². The second kappa shape index (κ2) is 8.03. The fourth-order valence-corrected chi connectivity index (χ4v) is 2.94. The lowest BCUT2D eigenvalue weighted by atomic mass is 9.86. The van der Waals surface area contributed by atoms with Gasteiger partial charge >= 0.3 is 6.03 Å². The molecule has 0 aliphatic heterocycles. The quantitative estimate of drug-likeness (QED) is 0.878. The Morgan fingerprint density at radius 2 is 2.00 bits per heavy atom. The van der Waals surface area contributed by atoms with Crippen molar-refractivity contribution >= 4 is 11.7 Å². The molecule has 0 spiro atoms. The minimum Gasteiger partial charge on any atom is -0.492 e. The van der Waals surface area contributed by atoms with Gasteiger partial charge in [-0.05, 0) is 50.7 Å². The molecule has 1 saturated carbocycles. The summed E-state index contributed by atoms with van der Waals surface area (Å²) in [4.78, 5) is 14.2. The predicted octanol–water partition coefficient (Wildman–Crippen LogP) is 3.10. The first kappa shape index (κ1) is 16.6. The van der Waals surface area contributed by atoms with Crippen LogP contribution in [-0.2, 0) is 0 Å². The highest BCUT2D eigenvalue weighted by Crippen LogP contribution is 2.28. The number of amides is 2. The number of carbonyl (C=O) groups excluding carboxylic acids is 1. The molecular weight excluding hydrogens is 280 g/mol. The number of anilines is 1. The number of hydrogen-bond donors (Lipinski definition) is 2. The van der Waals surface area contributed by atoms with E-state index >= 15 is 0 Å². The van der Waals surface area contributed by atoms with E-state index < -0.39 is 0 Å². The van der Waals surface area contributed by atoms with Crippen LogP contribution in [0.1, 0.15) is 32.6 Å². The van der Waals surface area contributed by atoms with Crippen molar-refractivity contribution in [2.24, 2.45) is 5.92 Å². The summed E-state index contributed by atoms with van der Waals surface area (Å²) in [6, 6.07) is 7.59. The molecule has 0 unspecified atom stereocenters. The van der Waals surface area contributed by atoms with Gasteiger partial charge in [-0.2, -0.15) is 0 Å². The van der Waals surface area contributed by atoms with Crippen LogP contribution in [0, 0.1) is 5.92 Å². The zero-order valence-electron chi connectivity index (χ0n) is 13.4. The third-order valence-corrected chi connectivity index (χ3v) is 4.37. The summed E-state index contributed by atoms with van der Waals surface area (Å²) in [5.74, 6) is 1.09. The molecule has 0 atom stereocenters. The Kier molecular flexibility index (Phi) is 6.07. The molecule has 2 amide bonds. The van der Waals surface area contributed by atoms with Crippen molar-refractivity contribution in [3.63, 3.8) is 0 Å². The minimum atomic E-state index is -0.111. The molecule has 2 rings (SSSR count). The van der Waals surface area contributed by atoms with E-state index in [-0.39, 0.29) is 18.7 Å². The van der Waals surface area contributed by atoms with Gasteiger partial charge < -0.3 is 20.1 Å². The molecule has 22 heavy (non-hydrogen) atoms. The largest absolute Gasteiger partial charge is 0.492 e. The lowest BCUT2D eigenvalue weighted by Crippen LogP contribution is -2.42. The fraction of sp³-hybridized carbons (Fsp3) is 0.588. The van der Waals surface area contributed by atoms with Crippen LogP contribution in [0.3, 0.4) is 0 Å². The first-order valence-electron chi connectivity index (χ1n) is 8.02. The van der Waals surface area contributed by atoms with Gasteiger partial charge in [0.15, 0.2) is 0 Å². The lowest BCUT2D eigenvalue weighted by molar-refractivity contribution is 0.139. The monoisotopic (exact) mass is 306 g/mol. The molecule has 1 aliphatic rings. The van der Waals surface area contributed by atoms with Gasteiger partial charge in [-0.3, -0.25) is 0 Å². The Balaban J connectivity index is 1.94. The summed E-state index contributed by atoms with van der Waals surface area (Å²) >= 11 is 0. The van der Waals surface area contributed by atoms with Crippen LogP contribution in [0.5, 0.6) is 5.75 Å². The molecule has 0 radical (unpaired) electrons. The third-order valence-electron chi connectivity index (χ3n) is 4.37. The molecule has 0 heterocycles.